The van der Waals surface area contributed by atoms with E-state index in [2.05, 4.69) is 24.4 Å². The summed E-state index contributed by atoms with van der Waals surface area (Å²) in [7, 11) is 0. The van der Waals surface area contributed by atoms with Crippen molar-refractivity contribution in [3.8, 4) is 5.75 Å². The maximum Gasteiger partial charge on any atom is 0.227 e. The molecule has 0 saturated heterocycles. The average Bonchev–Trinajstić information content (AvgIpc) is 2.54. The highest BCUT2D eigenvalue weighted by Crippen LogP contribution is 2.27. The number of ether oxygens (including phenoxy) is 1. The van der Waals surface area contributed by atoms with E-state index < -0.39 is 0 Å². The standard InChI is InChI=1S/C19H21NO2/c1-13-7-3-5-9-17(13)14(2)20-19(21)16-11-15-8-4-6-10-18(15)22-12-16/h3-10,14,16H,11-12H2,1-2H3,(H,20,21). The number of hydrogen-bond donors (Lipinski definition) is 1. The smallest absolute Gasteiger partial charge is 0.227 e. The third-order valence-corrected chi connectivity index (χ3v) is 4.26. The van der Waals surface area contributed by atoms with Gasteiger partial charge in [-0.25, -0.2) is 0 Å². The summed E-state index contributed by atoms with van der Waals surface area (Å²) in [6.07, 6.45) is 0.739. The van der Waals surface area contributed by atoms with Crippen LogP contribution in [0.3, 0.4) is 0 Å². The molecule has 0 fully saturated rings. The van der Waals surface area contributed by atoms with Crippen LogP contribution in [0.5, 0.6) is 5.75 Å². The number of para-hydroxylation sites is 1. The van der Waals surface area contributed by atoms with Gasteiger partial charge in [-0.3, -0.25) is 4.79 Å². The van der Waals surface area contributed by atoms with Crippen LogP contribution in [0.4, 0.5) is 0 Å². The molecule has 1 N–H and O–H groups in total. The van der Waals surface area contributed by atoms with E-state index in [1.807, 2.05) is 43.3 Å². The number of amides is 1. The molecule has 114 valence electrons. The van der Waals surface area contributed by atoms with E-state index >= 15 is 0 Å². The van der Waals surface area contributed by atoms with Crippen LogP contribution >= 0.6 is 0 Å². The second-order valence-corrected chi connectivity index (χ2v) is 5.91. The maximum atomic E-state index is 12.5. The minimum atomic E-state index is -0.124. The van der Waals surface area contributed by atoms with E-state index in [9.17, 15) is 4.79 Å². The number of rotatable bonds is 3. The molecule has 0 bridgehead atoms. The third kappa shape index (κ3) is 2.98. The van der Waals surface area contributed by atoms with E-state index in [1.165, 1.54) is 5.56 Å². The summed E-state index contributed by atoms with van der Waals surface area (Å²) in [5.41, 5.74) is 3.46. The lowest BCUT2D eigenvalue weighted by atomic mass is 9.95. The fourth-order valence-corrected chi connectivity index (χ4v) is 2.98. The molecule has 2 unspecified atom stereocenters. The Morgan fingerprint density at radius 2 is 1.91 bits per heavy atom. The van der Waals surface area contributed by atoms with Crippen molar-refractivity contribution in [3.63, 3.8) is 0 Å². The topological polar surface area (TPSA) is 38.3 Å². The molecule has 2 aromatic rings. The van der Waals surface area contributed by atoms with Crippen molar-refractivity contribution in [1.29, 1.82) is 0 Å². The molecule has 3 nitrogen and oxygen atoms in total. The summed E-state index contributed by atoms with van der Waals surface area (Å²) in [5, 5.41) is 3.12. The molecule has 0 aliphatic carbocycles. The van der Waals surface area contributed by atoms with Gasteiger partial charge in [0, 0.05) is 0 Å². The third-order valence-electron chi connectivity index (χ3n) is 4.26. The normalized spacial score (nSPS) is 18.0. The van der Waals surface area contributed by atoms with Gasteiger partial charge < -0.3 is 10.1 Å². The summed E-state index contributed by atoms with van der Waals surface area (Å²) in [5.74, 6) is 0.838. The zero-order valence-corrected chi connectivity index (χ0v) is 13.0. The quantitative estimate of drug-likeness (QED) is 0.942. The van der Waals surface area contributed by atoms with E-state index in [0.717, 1.165) is 23.3 Å². The van der Waals surface area contributed by atoms with Crippen LogP contribution in [0.1, 0.15) is 29.7 Å². The number of hydrogen-bond acceptors (Lipinski definition) is 2. The molecule has 0 radical (unpaired) electrons. The van der Waals surface area contributed by atoms with Gasteiger partial charge in [0.2, 0.25) is 5.91 Å². The van der Waals surface area contributed by atoms with Crippen LogP contribution in [0.2, 0.25) is 0 Å². The number of benzene rings is 2. The van der Waals surface area contributed by atoms with Crippen LogP contribution in [0, 0.1) is 12.8 Å². The monoisotopic (exact) mass is 295 g/mol. The second-order valence-electron chi connectivity index (χ2n) is 5.91. The van der Waals surface area contributed by atoms with Gasteiger partial charge in [-0.15, -0.1) is 0 Å². The summed E-state index contributed by atoms with van der Waals surface area (Å²) in [4.78, 5) is 12.5. The number of carbonyl (C=O) groups is 1. The van der Waals surface area contributed by atoms with Crippen LogP contribution in [0.15, 0.2) is 48.5 Å². The molecule has 0 saturated carbocycles. The van der Waals surface area contributed by atoms with Crippen molar-refractivity contribution >= 4 is 5.91 Å². The van der Waals surface area contributed by atoms with Crippen LogP contribution in [0.25, 0.3) is 0 Å². The van der Waals surface area contributed by atoms with Crippen LogP contribution in [-0.4, -0.2) is 12.5 Å². The highest BCUT2D eigenvalue weighted by Gasteiger charge is 2.26. The molecule has 0 spiro atoms. The van der Waals surface area contributed by atoms with E-state index in [0.29, 0.717) is 6.61 Å². The number of fused-ring (bicyclic) bond motifs is 1. The SMILES string of the molecule is Cc1ccccc1C(C)NC(=O)C1COc2ccccc2C1. The van der Waals surface area contributed by atoms with Crippen molar-refractivity contribution in [1.82, 2.24) is 5.32 Å². The molecule has 3 heteroatoms. The average molecular weight is 295 g/mol. The predicted molar refractivity (Wildman–Crippen MR) is 86.9 cm³/mol. The Labute approximate surface area is 131 Å². The summed E-state index contributed by atoms with van der Waals surface area (Å²) < 4.78 is 5.71. The van der Waals surface area contributed by atoms with Crippen molar-refractivity contribution in [2.24, 2.45) is 5.92 Å². The van der Waals surface area contributed by atoms with E-state index in [4.69, 9.17) is 4.74 Å². The largest absolute Gasteiger partial charge is 0.492 e. The zero-order chi connectivity index (χ0) is 15.5. The van der Waals surface area contributed by atoms with Crippen molar-refractivity contribution in [2.75, 3.05) is 6.61 Å². The van der Waals surface area contributed by atoms with Gasteiger partial charge in [-0.2, -0.15) is 0 Å². The van der Waals surface area contributed by atoms with Crippen LogP contribution in [-0.2, 0) is 11.2 Å². The molecular weight excluding hydrogens is 274 g/mol. The molecule has 1 amide bonds. The summed E-state index contributed by atoms with van der Waals surface area (Å²) in [6.45, 7) is 4.54. The lowest BCUT2D eigenvalue weighted by Crippen LogP contribution is -2.38. The minimum Gasteiger partial charge on any atom is -0.492 e. The van der Waals surface area contributed by atoms with Gasteiger partial charge in [-0.05, 0) is 43.0 Å². The predicted octanol–water partition coefficient (Wildman–Crippen LogP) is 3.42. The van der Waals surface area contributed by atoms with Gasteiger partial charge in [-0.1, -0.05) is 42.5 Å². The highest BCUT2D eigenvalue weighted by molar-refractivity contribution is 5.80. The fraction of sp³-hybridized carbons (Fsp3) is 0.316. The molecule has 2 aromatic carbocycles. The van der Waals surface area contributed by atoms with Crippen molar-refractivity contribution in [2.45, 2.75) is 26.3 Å². The Kier molecular flexibility index (Phi) is 4.14. The Morgan fingerprint density at radius 1 is 1.18 bits per heavy atom. The van der Waals surface area contributed by atoms with Gasteiger partial charge in [0.25, 0.3) is 0 Å². The fourth-order valence-electron chi connectivity index (χ4n) is 2.98. The zero-order valence-electron chi connectivity index (χ0n) is 13.0. The molecule has 22 heavy (non-hydrogen) atoms. The highest BCUT2D eigenvalue weighted by atomic mass is 16.5. The molecule has 3 rings (SSSR count). The van der Waals surface area contributed by atoms with Gasteiger partial charge in [0.05, 0.1) is 12.0 Å². The van der Waals surface area contributed by atoms with Crippen LogP contribution < -0.4 is 10.1 Å². The van der Waals surface area contributed by atoms with E-state index in [1.54, 1.807) is 0 Å². The number of carbonyl (C=O) groups excluding carboxylic acids is 1. The second kappa shape index (κ2) is 6.22. The molecule has 1 aliphatic heterocycles. The Hall–Kier alpha value is -2.29. The molecule has 0 aromatic heterocycles. The number of aryl methyl sites for hydroxylation is 1. The first-order valence-corrected chi connectivity index (χ1v) is 7.72. The van der Waals surface area contributed by atoms with Crippen molar-refractivity contribution < 1.29 is 9.53 Å². The van der Waals surface area contributed by atoms with Crippen molar-refractivity contribution in [3.05, 3.63) is 65.2 Å². The minimum absolute atomic E-state index is 0.00544. The Morgan fingerprint density at radius 3 is 2.73 bits per heavy atom. The lowest BCUT2D eigenvalue weighted by Gasteiger charge is -2.26. The molecule has 1 heterocycles. The first kappa shape index (κ1) is 14.6. The number of nitrogens with one attached hydrogen (secondary N) is 1. The molecule has 2 atom stereocenters. The van der Waals surface area contributed by atoms with E-state index in [-0.39, 0.29) is 17.9 Å². The maximum absolute atomic E-state index is 12.5. The Balaban J connectivity index is 1.67. The van der Waals surface area contributed by atoms with Gasteiger partial charge in [0.1, 0.15) is 12.4 Å². The summed E-state index contributed by atoms with van der Waals surface area (Å²) >= 11 is 0. The first-order chi connectivity index (χ1) is 10.6. The first-order valence-electron chi connectivity index (χ1n) is 7.72. The lowest BCUT2D eigenvalue weighted by molar-refractivity contribution is -0.126. The summed E-state index contributed by atoms with van der Waals surface area (Å²) in [6, 6.07) is 16.1. The molecular formula is C19H21NO2. The Bertz CT molecular complexity index is 681. The van der Waals surface area contributed by atoms with Gasteiger partial charge in [0.15, 0.2) is 0 Å². The van der Waals surface area contributed by atoms with Gasteiger partial charge >= 0.3 is 0 Å². The molecule has 1 aliphatic rings.